The standard InChI is InChI=1S/C12H14O8/c1-4-17-12(14)19-20-18-11(13)10-8(15-2)6-5-7-9(10)16-3/h5-7H,4H2,1-3H3. The van der Waals surface area contributed by atoms with Crippen LogP contribution in [-0.4, -0.2) is 33.0 Å². The molecule has 20 heavy (non-hydrogen) atoms. The molecule has 1 rings (SSSR count). The Morgan fingerprint density at radius 2 is 1.65 bits per heavy atom. The van der Waals surface area contributed by atoms with E-state index in [1.165, 1.54) is 26.4 Å². The largest absolute Gasteiger partial charge is 0.543 e. The molecule has 0 bridgehead atoms. The Morgan fingerprint density at radius 3 is 2.15 bits per heavy atom. The van der Waals surface area contributed by atoms with Crippen molar-refractivity contribution in [3.63, 3.8) is 0 Å². The van der Waals surface area contributed by atoms with Crippen LogP contribution in [0.2, 0.25) is 0 Å². The first-order chi connectivity index (χ1) is 9.63. The molecule has 8 nitrogen and oxygen atoms in total. The molecule has 0 saturated carbocycles. The third-order valence-corrected chi connectivity index (χ3v) is 2.11. The quantitative estimate of drug-likeness (QED) is 0.445. The molecule has 0 radical (unpaired) electrons. The first kappa shape index (κ1) is 15.6. The molecule has 0 heterocycles. The highest BCUT2D eigenvalue weighted by Gasteiger charge is 2.21. The van der Waals surface area contributed by atoms with Gasteiger partial charge in [-0.15, -0.1) is 0 Å². The fraction of sp³-hybridized carbons (Fsp3) is 0.333. The van der Waals surface area contributed by atoms with Gasteiger partial charge in [-0.25, -0.2) is 14.5 Å². The second kappa shape index (κ2) is 7.85. The highest BCUT2D eigenvalue weighted by Crippen LogP contribution is 2.28. The van der Waals surface area contributed by atoms with Gasteiger partial charge in [-0.1, -0.05) is 6.07 Å². The van der Waals surface area contributed by atoms with Crippen molar-refractivity contribution < 1.29 is 38.6 Å². The zero-order chi connectivity index (χ0) is 15.0. The van der Waals surface area contributed by atoms with Gasteiger partial charge in [-0.05, 0) is 19.1 Å². The Kier molecular flexibility index (Phi) is 6.11. The van der Waals surface area contributed by atoms with Gasteiger partial charge in [0.25, 0.3) is 0 Å². The van der Waals surface area contributed by atoms with Crippen molar-refractivity contribution >= 4 is 12.1 Å². The van der Waals surface area contributed by atoms with Crippen molar-refractivity contribution in [2.75, 3.05) is 20.8 Å². The molecule has 8 heteroatoms. The molecule has 0 unspecified atom stereocenters. The van der Waals surface area contributed by atoms with E-state index >= 15 is 0 Å². The van der Waals surface area contributed by atoms with Crippen LogP contribution in [0, 0.1) is 0 Å². The summed E-state index contributed by atoms with van der Waals surface area (Å²) in [5, 5.41) is 4.03. The Morgan fingerprint density at radius 1 is 1.05 bits per heavy atom. The summed E-state index contributed by atoms with van der Waals surface area (Å²) < 4.78 is 14.4. The number of methoxy groups -OCH3 is 2. The predicted octanol–water partition coefficient (Wildman–Crippen LogP) is 1.88. The monoisotopic (exact) mass is 286 g/mol. The molecule has 1 aromatic carbocycles. The average Bonchev–Trinajstić information content (AvgIpc) is 2.46. The minimum absolute atomic E-state index is 0.00930. The fourth-order valence-electron chi connectivity index (χ4n) is 1.31. The number of carbonyl (C=O) groups is 2. The topological polar surface area (TPSA) is 89.5 Å². The van der Waals surface area contributed by atoms with Gasteiger partial charge in [0.05, 0.1) is 25.9 Å². The summed E-state index contributed by atoms with van der Waals surface area (Å²) in [5.74, 6) is -0.522. The molecule has 0 aliphatic carbocycles. The van der Waals surface area contributed by atoms with Crippen molar-refractivity contribution in [1.29, 1.82) is 0 Å². The van der Waals surface area contributed by atoms with Gasteiger partial charge in [-0.2, -0.15) is 0 Å². The van der Waals surface area contributed by atoms with Crippen LogP contribution in [0.1, 0.15) is 17.3 Å². The second-order valence-electron chi connectivity index (χ2n) is 3.24. The van der Waals surface area contributed by atoms with Crippen LogP contribution in [-0.2, 0) is 19.6 Å². The molecule has 0 aliphatic heterocycles. The van der Waals surface area contributed by atoms with Gasteiger partial charge >= 0.3 is 12.1 Å². The molecule has 0 fully saturated rings. The molecule has 0 atom stereocenters. The molecule has 110 valence electrons. The third-order valence-electron chi connectivity index (χ3n) is 2.11. The predicted molar refractivity (Wildman–Crippen MR) is 64.2 cm³/mol. The third kappa shape index (κ3) is 4.02. The maximum Gasteiger partial charge on any atom is 0.543 e. The number of hydrogen-bond acceptors (Lipinski definition) is 8. The summed E-state index contributed by atoms with van der Waals surface area (Å²) >= 11 is 0. The summed E-state index contributed by atoms with van der Waals surface area (Å²) in [6.45, 7) is 1.67. The Balaban J connectivity index is 2.70. The van der Waals surface area contributed by atoms with Crippen LogP contribution in [0.3, 0.4) is 0 Å². The highest BCUT2D eigenvalue weighted by molar-refractivity contribution is 5.95. The first-order valence-corrected chi connectivity index (χ1v) is 5.57. The van der Waals surface area contributed by atoms with E-state index in [9.17, 15) is 9.59 Å². The molecule has 0 aromatic heterocycles. The Labute approximate surface area is 114 Å². The lowest BCUT2D eigenvalue weighted by atomic mass is 10.2. The maximum absolute atomic E-state index is 11.8. The van der Waals surface area contributed by atoms with Crippen LogP contribution in [0.25, 0.3) is 0 Å². The Hall–Kier alpha value is -2.48. The van der Waals surface area contributed by atoms with E-state index in [1.54, 1.807) is 13.0 Å². The van der Waals surface area contributed by atoms with E-state index in [-0.39, 0.29) is 23.7 Å². The summed E-state index contributed by atoms with van der Waals surface area (Å²) in [6, 6.07) is 4.70. The van der Waals surface area contributed by atoms with Gasteiger partial charge in [0.1, 0.15) is 17.1 Å². The van der Waals surface area contributed by atoms with Crippen LogP contribution in [0.15, 0.2) is 18.2 Å². The summed E-state index contributed by atoms with van der Waals surface area (Å²) in [5.41, 5.74) is -0.00930. The summed E-state index contributed by atoms with van der Waals surface area (Å²) in [4.78, 5) is 30.9. The number of benzene rings is 1. The van der Waals surface area contributed by atoms with E-state index in [1.807, 2.05) is 0 Å². The average molecular weight is 286 g/mol. The molecule has 0 aliphatic rings. The molecular weight excluding hydrogens is 272 g/mol. The van der Waals surface area contributed by atoms with Crippen molar-refractivity contribution in [2.45, 2.75) is 6.92 Å². The van der Waals surface area contributed by atoms with Gasteiger partial charge < -0.3 is 14.2 Å². The lowest BCUT2D eigenvalue weighted by molar-refractivity contribution is -0.452. The second-order valence-corrected chi connectivity index (χ2v) is 3.24. The number of hydrogen-bond donors (Lipinski definition) is 0. The maximum atomic E-state index is 11.8. The Bertz CT molecular complexity index is 448. The molecular formula is C12H14O8. The molecule has 0 N–H and O–H groups in total. The molecule has 0 saturated heterocycles. The van der Waals surface area contributed by atoms with Crippen LogP contribution >= 0.6 is 0 Å². The number of rotatable bonds is 6. The van der Waals surface area contributed by atoms with E-state index in [2.05, 4.69) is 19.6 Å². The zero-order valence-corrected chi connectivity index (χ0v) is 11.2. The van der Waals surface area contributed by atoms with E-state index in [4.69, 9.17) is 9.47 Å². The van der Waals surface area contributed by atoms with Gasteiger partial charge in [0, 0.05) is 0 Å². The minimum Gasteiger partial charge on any atom is -0.496 e. The summed E-state index contributed by atoms with van der Waals surface area (Å²) in [7, 11) is 2.75. The van der Waals surface area contributed by atoms with Gasteiger partial charge in [0.15, 0.2) is 0 Å². The zero-order valence-electron chi connectivity index (χ0n) is 11.2. The number of ether oxygens (including phenoxy) is 3. The lowest BCUT2D eigenvalue weighted by Gasteiger charge is -2.10. The smallest absolute Gasteiger partial charge is 0.496 e. The lowest BCUT2D eigenvalue weighted by Crippen LogP contribution is -2.13. The van der Waals surface area contributed by atoms with E-state index in [0.29, 0.717) is 0 Å². The van der Waals surface area contributed by atoms with E-state index < -0.39 is 12.1 Å². The van der Waals surface area contributed by atoms with E-state index in [0.717, 1.165) is 0 Å². The SMILES string of the molecule is CCOC(=O)OOOC(=O)c1c(OC)cccc1OC. The highest BCUT2D eigenvalue weighted by atomic mass is 17.5. The van der Waals surface area contributed by atoms with Crippen LogP contribution < -0.4 is 9.47 Å². The fourth-order valence-corrected chi connectivity index (χ4v) is 1.31. The first-order valence-electron chi connectivity index (χ1n) is 5.57. The van der Waals surface area contributed by atoms with Crippen molar-refractivity contribution in [3.05, 3.63) is 23.8 Å². The molecule has 1 aromatic rings. The normalized spacial score (nSPS) is 9.55. The summed E-state index contributed by atoms with van der Waals surface area (Å²) in [6.07, 6.45) is -1.13. The van der Waals surface area contributed by atoms with Gasteiger partial charge in [-0.3, -0.25) is 4.89 Å². The minimum atomic E-state index is -1.13. The van der Waals surface area contributed by atoms with Crippen LogP contribution in [0.4, 0.5) is 4.79 Å². The van der Waals surface area contributed by atoms with Crippen LogP contribution in [0.5, 0.6) is 11.5 Å². The molecule has 0 spiro atoms. The van der Waals surface area contributed by atoms with Gasteiger partial charge in [0.2, 0.25) is 0 Å². The van der Waals surface area contributed by atoms with Crippen molar-refractivity contribution in [2.24, 2.45) is 0 Å². The van der Waals surface area contributed by atoms with Crippen molar-refractivity contribution in [1.82, 2.24) is 0 Å². The number of carbonyl (C=O) groups excluding carboxylic acids is 2. The molecule has 0 amide bonds. The van der Waals surface area contributed by atoms with Crippen molar-refractivity contribution in [3.8, 4) is 11.5 Å².